The fourth-order valence-corrected chi connectivity index (χ4v) is 2.41. The van der Waals surface area contributed by atoms with Gasteiger partial charge in [0.25, 0.3) is 0 Å². The molecule has 104 valence electrons. The lowest BCUT2D eigenvalue weighted by atomic mass is 9.94. The van der Waals surface area contributed by atoms with Crippen LogP contribution in [-0.2, 0) is 12.8 Å². The van der Waals surface area contributed by atoms with Crippen LogP contribution in [0, 0.1) is 0 Å². The molecule has 2 nitrogen and oxygen atoms in total. The van der Waals surface area contributed by atoms with E-state index in [4.69, 9.17) is 4.74 Å². The van der Waals surface area contributed by atoms with E-state index in [0.29, 0.717) is 11.3 Å². The fraction of sp³-hybridized carbons (Fsp3) is 0.278. The topological polar surface area (TPSA) is 26.3 Å². The minimum absolute atomic E-state index is 0.592. The lowest BCUT2D eigenvalue weighted by molar-refractivity contribution is 0.112. The molecule has 0 bridgehead atoms. The van der Waals surface area contributed by atoms with Crippen LogP contribution < -0.4 is 4.74 Å². The third kappa shape index (κ3) is 2.74. The average molecular weight is 268 g/mol. The number of hydrogen-bond donors (Lipinski definition) is 0. The van der Waals surface area contributed by atoms with Gasteiger partial charge in [-0.1, -0.05) is 38.1 Å². The highest BCUT2D eigenvalue weighted by atomic mass is 16.5. The van der Waals surface area contributed by atoms with Gasteiger partial charge >= 0.3 is 0 Å². The molecule has 0 spiro atoms. The Morgan fingerprint density at radius 3 is 2.45 bits per heavy atom. The summed E-state index contributed by atoms with van der Waals surface area (Å²) in [6.07, 6.45) is 2.83. The number of aryl methyl sites for hydroxylation is 2. The molecule has 0 heterocycles. The number of benzene rings is 2. The van der Waals surface area contributed by atoms with Gasteiger partial charge in [-0.15, -0.1) is 0 Å². The van der Waals surface area contributed by atoms with Gasteiger partial charge in [0.2, 0.25) is 0 Å². The Labute approximate surface area is 120 Å². The van der Waals surface area contributed by atoms with Crippen molar-refractivity contribution in [1.82, 2.24) is 0 Å². The molecule has 0 saturated heterocycles. The first kappa shape index (κ1) is 14.3. The highest BCUT2D eigenvalue weighted by Gasteiger charge is 2.09. The molecule has 0 radical (unpaired) electrons. The first-order valence-electron chi connectivity index (χ1n) is 6.98. The summed E-state index contributed by atoms with van der Waals surface area (Å²) in [5.41, 5.74) is 5.47. The van der Waals surface area contributed by atoms with Crippen molar-refractivity contribution in [3.8, 4) is 16.9 Å². The summed E-state index contributed by atoms with van der Waals surface area (Å²) in [6, 6.07) is 12.3. The predicted molar refractivity (Wildman–Crippen MR) is 82.6 cm³/mol. The molecule has 2 aromatic carbocycles. The van der Waals surface area contributed by atoms with Crippen LogP contribution in [-0.4, -0.2) is 13.4 Å². The van der Waals surface area contributed by atoms with E-state index < -0.39 is 0 Å². The van der Waals surface area contributed by atoms with Crippen LogP contribution >= 0.6 is 0 Å². The van der Waals surface area contributed by atoms with E-state index in [9.17, 15) is 4.79 Å². The van der Waals surface area contributed by atoms with Crippen LogP contribution in [0.25, 0.3) is 11.1 Å². The van der Waals surface area contributed by atoms with Gasteiger partial charge in [-0.25, -0.2) is 0 Å². The summed E-state index contributed by atoms with van der Waals surface area (Å²) in [5, 5.41) is 0. The van der Waals surface area contributed by atoms with Gasteiger partial charge in [-0.3, -0.25) is 4.79 Å². The van der Waals surface area contributed by atoms with Crippen molar-refractivity contribution < 1.29 is 9.53 Å². The Bertz CT molecular complexity index is 615. The second-order valence-corrected chi connectivity index (χ2v) is 4.77. The molecular weight excluding hydrogens is 248 g/mol. The quantitative estimate of drug-likeness (QED) is 0.756. The van der Waals surface area contributed by atoms with Crippen LogP contribution in [0.2, 0.25) is 0 Å². The maximum atomic E-state index is 11.2. The summed E-state index contributed by atoms with van der Waals surface area (Å²) < 4.78 is 5.20. The SMILES string of the molecule is CCc1ccc(CC)c(-c2ccc(OC)c(C=O)c2)c1. The van der Waals surface area contributed by atoms with Gasteiger partial charge in [0, 0.05) is 0 Å². The lowest BCUT2D eigenvalue weighted by Crippen LogP contribution is -1.94. The fourth-order valence-electron chi connectivity index (χ4n) is 2.41. The van der Waals surface area contributed by atoms with Crippen LogP contribution in [0.1, 0.15) is 35.3 Å². The molecule has 0 aromatic heterocycles. The van der Waals surface area contributed by atoms with E-state index in [-0.39, 0.29) is 0 Å². The van der Waals surface area contributed by atoms with Gasteiger partial charge in [0.1, 0.15) is 5.75 Å². The molecule has 20 heavy (non-hydrogen) atoms. The molecule has 2 rings (SSSR count). The zero-order valence-electron chi connectivity index (χ0n) is 12.3. The van der Waals surface area contributed by atoms with Crippen molar-refractivity contribution in [2.24, 2.45) is 0 Å². The minimum Gasteiger partial charge on any atom is -0.496 e. The van der Waals surface area contributed by atoms with Crippen molar-refractivity contribution in [3.63, 3.8) is 0 Å². The van der Waals surface area contributed by atoms with E-state index in [1.54, 1.807) is 7.11 Å². The summed E-state index contributed by atoms with van der Waals surface area (Å²) in [5.74, 6) is 0.619. The number of ether oxygens (including phenoxy) is 1. The zero-order valence-corrected chi connectivity index (χ0v) is 12.3. The van der Waals surface area contributed by atoms with Gasteiger partial charge in [-0.05, 0) is 47.2 Å². The van der Waals surface area contributed by atoms with Gasteiger partial charge in [-0.2, -0.15) is 0 Å². The Morgan fingerprint density at radius 2 is 1.85 bits per heavy atom. The summed E-state index contributed by atoms with van der Waals surface area (Å²) in [7, 11) is 1.58. The van der Waals surface area contributed by atoms with Gasteiger partial charge in [0.05, 0.1) is 12.7 Å². The van der Waals surface area contributed by atoms with Crippen molar-refractivity contribution in [1.29, 1.82) is 0 Å². The molecule has 0 aliphatic rings. The number of rotatable bonds is 5. The molecule has 0 aliphatic heterocycles. The molecule has 2 heteroatoms. The number of hydrogen-bond acceptors (Lipinski definition) is 2. The first-order chi connectivity index (χ1) is 9.73. The molecule has 0 N–H and O–H groups in total. The Kier molecular flexibility index (Phi) is 4.57. The lowest BCUT2D eigenvalue weighted by Gasteiger charge is -2.12. The van der Waals surface area contributed by atoms with E-state index in [0.717, 1.165) is 24.7 Å². The minimum atomic E-state index is 0.592. The third-order valence-electron chi connectivity index (χ3n) is 3.63. The van der Waals surface area contributed by atoms with Crippen LogP contribution in [0.3, 0.4) is 0 Å². The number of aldehydes is 1. The van der Waals surface area contributed by atoms with Crippen molar-refractivity contribution in [2.45, 2.75) is 26.7 Å². The van der Waals surface area contributed by atoms with Crippen LogP contribution in [0.5, 0.6) is 5.75 Å². The van der Waals surface area contributed by atoms with Crippen LogP contribution in [0.15, 0.2) is 36.4 Å². The first-order valence-corrected chi connectivity index (χ1v) is 6.98. The second kappa shape index (κ2) is 6.38. The molecule has 0 fully saturated rings. The largest absolute Gasteiger partial charge is 0.496 e. The normalized spacial score (nSPS) is 10.3. The highest BCUT2D eigenvalue weighted by molar-refractivity contribution is 5.83. The maximum Gasteiger partial charge on any atom is 0.153 e. The summed E-state index contributed by atoms with van der Waals surface area (Å²) >= 11 is 0. The average Bonchev–Trinajstić information content (AvgIpc) is 2.53. The summed E-state index contributed by atoms with van der Waals surface area (Å²) in [4.78, 5) is 11.2. The molecule has 2 aromatic rings. The number of methoxy groups -OCH3 is 1. The van der Waals surface area contributed by atoms with Crippen molar-refractivity contribution in [3.05, 3.63) is 53.1 Å². The number of carbonyl (C=O) groups is 1. The van der Waals surface area contributed by atoms with E-state index in [1.807, 2.05) is 18.2 Å². The van der Waals surface area contributed by atoms with Gasteiger partial charge < -0.3 is 4.74 Å². The van der Waals surface area contributed by atoms with E-state index >= 15 is 0 Å². The van der Waals surface area contributed by atoms with Gasteiger partial charge in [0.15, 0.2) is 6.29 Å². The van der Waals surface area contributed by atoms with Crippen molar-refractivity contribution in [2.75, 3.05) is 7.11 Å². The standard InChI is InChI=1S/C18H20O2/c1-4-13-6-7-14(5-2)17(10-13)15-8-9-18(20-3)16(11-15)12-19/h6-12H,4-5H2,1-3H3. The molecule has 0 atom stereocenters. The Hall–Kier alpha value is -2.09. The smallest absolute Gasteiger partial charge is 0.153 e. The zero-order chi connectivity index (χ0) is 14.5. The third-order valence-corrected chi connectivity index (χ3v) is 3.63. The van der Waals surface area contributed by atoms with E-state index in [1.165, 1.54) is 16.7 Å². The Balaban J connectivity index is 2.57. The highest BCUT2D eigenvalue weighted by Crippen LogP contribution is 2.29. The van der Waals surface area contributed by atoms with Crippen LogP contribution in [0.4, 0.5) is 0 Å². The maximum absolute atomic E-state index is 11.2. The summed E-state index contributed by atoms with van der Waals surface area (Å²) in [6.45, 7) is 4.30. The Morgan fingerprint density at radius 1 is 1.05 bits per heavy atom. The second-order valence-electron chi connectivity index (χ2n) is 4.77. The molecular formula is C18H20O2. The molecule has 0 unspecified atom stereocenters. The molecule has 0 aliphatic carbocycles. The number of carbonyl (C=O) groups excluding carboxylic acids is 1. The molecule has 0 amide bonds. The monoisotopic (exact) mass is 268 g/mol. The van der Waals surface area contributed by atoms with E-state index in [2.05, 4.69) is 32.0 Å². The molecule has 0 saturated carbocycles. The predicted octanol–water partition coefficient (Wildman–Crippen LogP) is 4.30. The van der Waals surface area contributed by atoms with Crippen molar-refractivity contribution >= 4 is 6.29 Å².